The first kappa shape index (κ1) is 10.1. The Morgan fingerprint density at radius 1 is 1.40 bits per heavy atom. The Balaban J connectivity index is 2.05. The fourth-order valence-corrected chi connectivity index (χ4v) is 1.40. The first-order valence-electron chi connectivity index (χ1n) is 5.31. The predicted octanol–water partition coefficient (Wildman–Crippen LogP) is 1.49. The van der Waals surface area contributed by atoms with E-state index in [0.717, 1.165) is 5.69 Å². The molecule has 1 aromatic heterocycles. The standard InChI is InChI=1S/C11H15N3O/c1-7(2)12-11(15)10-6-5-9(13-14-10)8-3-4-8/h5-8H,3-4H2,1-2H3,(H,12,15). The largest absolute Gasteiger partial charge is 0.348 e. The molecule has 1 amide bonds. The molecular weight excluding hydrogens is 190 g/mol. The maximum absolute atomic E-state index is 11.5. The third-order valence-corrected chi connectivity index (χ3v) is 2.33. The first-order chi connectivity index (χ1) is 7.16. The van der Waals surface area contributed by atoms with Crippen LogP contribution < -0.4 is 5.32 Å². The lowest BCUT2D eigenvalue weighted by atomic mass is 10.2. The Kier molecular flexibility index (Phi) is 2.66. The van der Waals surface area contributed by atoms with E-state index in [0.29, 0.717) is 11.6 Å². The van der Waals surface area contributed by atoms with Gasteiger partial charge in [0.25, 0.3) is 5.91 Å². The molecule has 0 atom stereocenters. The fraction of sp³-hybridized carbons (Fsp3) is 0.545. The van der Waals surface area contributed by atoms with Gasteiger partial charge in [0.2, 0.25) is 0 Å². The van der Waals surface area contributed by atoms with Crippen molar-refractivity contribution in [1.82, 2.24) is 15.5 Å². The van der Waals surface area contributed by atoms with Crippen LogP contribution in [0, 0.1) is 0 Å². The molecule has 0 saturated heterocycles. The summed E-state index contributed by atoms with van der Waals surface area (Å²) in [6, 6.07) is 3.78. The minimum atomic E-state index is -0.153. The van der Waals surface area contributed by atoms with Crippen LogP contribution in [0.5, 0.6) is 0 Å². The van der Waals surface area contributed by atoms with Crippen LogP contribution in [0.2, 0.25) is 0 Å². The second kappa shape index (κ2) is 3.96. The van der Waals surface area contributed by atoms with E-state index in [4.69, 9.17) is 0 Å². The highest BCUT2D eigenvalue weighted by atomic mass is 16.1. The molecule has 1 heterocycles. The van der Waals surface area contributed by atoms with Gasteiger partial charge in [0, 0.05) is 12.0 Å². The number of rotatable bonds is 3. The highest BCUT2D eigenvalue weighted by Crippen LogP contribution is 2.38. The SMILES string of the molecule is CC(C)NC(=O)c1ccc(C2CC2)nn1. The topological polar surface area (TPSA) is 54.9 Å². The Labute approximate surface area is 89.1 Å². The average molecular weight is 205 g/mol. The van der Waals surface area contributed by atoms with E-state index in [1.807, 2.05) is 19.9 Å². The van der Waals surface area contributed by atoms with E-state index in [1.54, 1.807) is 6.07 Å². The van der Waals surface area contributed by atoms with Crippen molar-refractivity contribution in [3.8, 4) is 0 Å². The van der Waals surface area contributed by atoms with Gasteiger partial charge in [0.05, 0.1) is 5.69 Å². The molecule has 0 aromatic carbocycles. The quantitative estimate of drug-likeness (QED) is 0.813. The van der Waals surface area contributed by atoms with Gasteiger partial charge in [-0.25, -0.2) is 0 Å². The van der Waals surface area contributed by atoms with Gasteiger partial charge in [-0.3, -0.25) is 4.79 Å². The van der Waals surface area contributed by atoms with E-state index >= 15 is 0 Å². The molecule has 80 valence electrons. The van der Waals surface area contributed by atoms with E-state index in [2.05, 4.69) is 15.5 Å². The predicted molar refractivity (Wildman–Crippen MR) is 56.6 cm³/mol. The Hall–Kier alpha value is -1.45. The number of aromatic nitrogens is 2. The van der Waals surface area contributed by atoms with Gasteiger partial charge in [-0.05, 0) is 38.8 Å². The number of hydrogen-bond acceptors (Lipinski definition) is 3. The number of hydrogen-bond donors (Lipinski definition) is 1. The maximum atomic E-state index is 11.5. The van der Waals surface area contributed by atoms with Crippen molar-refractivity contribution >= 4 is 5.91 Å². The Morgan fingerprint density at radius 2 is 2.13 bits per heavy atom. The molecule has 2 rings (SSSR count). The van der Waals surface area contributed by atoms with Gasteiger partial charge in [-0.15, -0.1) is 5.10 Å². The third kappa shape index (κ3) is 2.52. The number of nitrogens with zero attached hydrogens (tertiary/aromatic N) is 2. The van der Waals surface area contributed by atoms with Crippen molar-refractivity contribution in [3.63, 3.8) is 0 Å². The van der Waals surface area contributed by atoms with Crippen molar-refractivity contribution in [2.75, 3.05) is 0 Å². The van der Waals surface area contributed by atoms with E-state index in [1.165, 1.54) is 12.8 Å². The fourth-order valence-electron chi connectivity index (χ4n) is 1.40. The number of nitrogens with one attached hydrogen (secondary N) is 1. The van der Waals surface area contributed by atoms with Crippen LogP contribution in [0.1, 0.15) is 48.8 Å². The summed E-state index contributed by atoms with van der Waals surface area (Å²) in [5.41, 5.74) is 1.41. The van der Waals surface area contributed by atoms with Crippen molar-refractivity contribution < 1.29 is 4.79 Å². The molecule has 1 aliphatic rings. The monoisotopic (exact) mass is 205 g/mol. The van der Waals surface area contributed by atoms with E-state index in [-0.39, 0.29) is 11.9 Å². The number of carbonyl (C=O) groups excluding carboxylic acids is 1. The van der Waals surface area contributed by atoms with Crippen LogP contribution in [0.4, 0.5) is 0 Å². The molecule has 0 unspecified atom stereocenters. The van der Waals surface area contributed by atoms with Crippen LogP contribution in [0.3, 0.4) is 0 Å². The zero-order valence-electron chi connectivity index (χ0n) is 9.03. The summed E-state index contributed by atoms with van der Waals surface area (Å²) in [6.07, 6.45) is 2.40. The third-order valence-electron chi connectivity index (χ3n) is 2.33. The van der Waals surface area contributed by atoms with Gasteiger partial charge in [0.15, 0.2) is 5.69 Å². The zero-order chi connectivity index (χ0) is 10.8. The van der Waals surface area contributed by atoms with E-state index in [9.17, 15) is 4.79 Å². The van der Waals surface area contributed by atoms with Gasteiger partial charge in [-0.2, -0.15) is 5.10 Å². The van der Waals surface area contributed by atoms with Gasteiger partial charge in [-0.1, -0.05) is 0 Å². The highest BCUT2D eigenvalue weighted by Gasteiger charge is 2.25. The summed E-state index contributed by atoms with van der Waals surface area (Å²) in [4.78, 5) is 11.5. The average Bonchev–Trinajstić information content (AvgIpc) is 3.00. The molecule has 0 bridgehead atoms. The lowest BCUT2D eigenvalue weighted by Crippen LogP contribution is -2.30. The van der Waals surface area contributed by atoms with Crippen LogP contribution in [-0.2, 0) is 0 Å². The first-order valence-corrected chi connectivity index (χ1v) is 5.31. The van der Waals surface area contributed by atoms with Crippen molar-refractivity contribution in [2.24, 2.45) is 0 Å². The molecule has 1 aliphatic carbocycles. The molecule has 1 fully saturated rings. The van der Waals surface area contributed by atoms with Crippen molar-refractivity contribution in [2.45, 2.75) is 38.6 Å². The van der Waals surface area contributed by atoms with Crippen LogP contribution in [0.15, 0.2) is 12.1 Å². The molecule has 0 radical (unpaired) electrons. The molecule has 4 nitrogen and oxygen atoms in total. The number of amides is 1. The summed E-state index contributed by atoms with van der Waals surface area (Å²) >= 11 is 0. The molecule has 1 aromatic rings. The van der Waals surface area contributed by atoms with Gasteiger partial charge < -0.3 is 5.32 Å². The summed E-state index contributed by atoms with van der Waals surface area (Å²) in [5.74, 6) is 0.430. The molecule has 1 N–H and O–H groups in total. The lowest BCUT2D eigenvalue weighted by Gasteiger charge is -2.06. The second-order valence-electron chi connectivity index (χ2n) is 4.25. The summed E-state index contributed by atoms with van der Waals surface area (Å²) in [6.45, 7) is 3.84. The summed E-state index contributed by atoms with van der Waals surface area (Å²) < 4.78 is 0. The molecule has 1 saturated carbocycles. The van der Waals surface area contributed by atoms with E-state index < -0.39 is 0 Å². The Bertz CT molecular complexity index is 355. The van der Waals surface area contributed by atoms with Crippen LogP contribution in [0.25, 0.3) is 0 Å². The minimum absolute atomic E-state index is 0.127. The molecular formula is C11H15N3O. The minimum Gasteiger partial charge on any atom is -0.348 e. The van der Waals surface area contributed by atoms with Crippen molar-refractivity contribution in [3.05, 3.63) is 23.5 Å². The molecule has 15 heavy (non-hydrogen) atoms. The molecule has 0 aliphatic heterocycles. The number of carbonyl (C=O) groups is 1. The second-order valence-corrected chi connectivity index (χ2v) is 4.25. The lowest BCUT2D eigenvalue weighted by molar-refractivity contribution is 0.0937. The van der Waals surface area contributed by atoms with Crippen LogP contribution in [-0.4, -0.2) is 22.1 Å². The molecule has 0 spiro atoms. The smallest absolute Gasteiger partial charge is 0.271 e. The van der Waals surface area contributed by atoms with Gasteiger partial charge >= 0.3 is 0 Å². The van der Waals surface area contributed by atoms with Gasteiger partial charge in [0.1, 0.15) is 0 Å². The normalized spacial score (nSPS) is 15.4. The zero-order valence-corrected chi connectivity index (χ0v) is 9.03. The Morgan fingerprint density at radius 3 is 2.60 bits per heavy atom. The summed E-state index contributed by atoms with van der Waals surface area (Å²) in [7, 11) is 0. The highest BCUT2D eigenvalue weighted by molar-refractivity contribution is 5.92. The van der Waals surface area contributed by atoms with Crippen molar-refractivity contribution in [1.29, 1.82) is 0 Å². The maximum Gasteiger partial charge on any atom is 0.271 e. The summed E-state index contributed by atoms with van der Waals surface area (Å²) in [5, 5.41) is 10.8. The molecule has 4 heteroatoms. The van der Waals surface area contributed by atoms with Crippen LogP contribution >= 0.6 is 0 Å².